The maximum absolute atomic E-state index is 13.1. The Hall–Kier alpha value is -2.29. The van der Waals surface area contributed by atoms with Crippen LogP contribution in [0.25, 0.3) is 0 Å². The van der Waals surface area contributed by atoms with Crippen LogP contribution in [0.5, 0.6) is 5.75 Å². The summed E-state index contributed by atoms with van der Waals surface area (Å²) in [7, 11) is 1.43. The van der Waals surface area contributed by atoms with Crippen molar-refractivity contribution in [3.05, 3.63) is 29.8 Å². The van der Waals surface area contributed by atoms with Gasteiger partial charge in [-0.15, -0.1) is 0 Å². The first kappa shape index (κ1) is 19.0. The highest BCUT2D eigenvalue weighted by molar-refractivity contribution is 5.93. The Morgan fingerprint density at radius 3 is 2.24 bits per heavy atom. The van der Waals surface area contributed by atoms with Crippen LogP contribution in [0.15, 0.2) is 29.4 Å². The van der Waals surface area contributed by atoms with Crippen molar-refractivity contribution in [2.75, 3.05) is 7.11 Å². The molecule has 0 radical (unpaired) electrons. The van der Waals surface area contributed by atoms with Crippen LogP contribution in [0.3, 0.4) is 0 Å². The summed E-state index contributed by atoms with van der Waals surface area (Å²) in [4.78, 5) is 12.3. The number of amides is 1. The minimum atomic E-state index is -4.78. The van der Waals surface area contributed by atoms with Crippen LogP contribution < -0.4 is 4.74 Å². The normalized spacial score (nSPS) is 21.1. The lowest BCUT2D eigenvalue weighted by Crippen LogP contribution is -2.45. The number of methoxy groups -OCH3 is 1. The maximum Gasteiger partial charge on any atom is 0.433 e. The molecule has 1 heterocycles. The molecule has 1 aromatic rings. The van der Waals surface area contributed by atoms with Crippen LogP contribution in [-0.2, 0) is 10.5 Å². The first-order valence-corrected chi connectivity index (χ1v) is 7.41. The van der Waals surface area contributed by atoms with E-state index in [4.69, 9.17) is 9.47 Å². The Labute approximate surface area is 142 Å². The van der Waals surface area contributed by atoms with E-state index in [0.717, 1.165) is 0 Å². The number of carbonyl (C=O) groups excluding carboxylic acids is 1. The second-order valence-corrected chi connectivity index (χ2v) is 6.56. The van der Waals surface area contributed by atoms with Gasteiger partial charge in [0.1, 0.15) is 17.1 Å². The highest BCUT2D eigenvalue weighted by atomic mass is 19.4. The number of hydrazone groups is 1. The molecule has 1 aliphatic rings. The molecule has 1 aliphatic heterocycles. The van der Waals surface area contributed by atoms with Crippen LogP contribution in [0.2, 0.25) is 0 Å². The van der Waals surface area contributed by atoms with Gasteiger partial charge in [-0.2, -0.15) is 23.3 Å². The van der Waals surface area contributed by atoms with E-state index in [-0.39, 0.29) is 5.56 Å². The SMILES string of the molecule is COc1ccc([C@]2(O)CC(C(F)(F)F)=NN2C(=O)OC(C)(C)C)cc1. The van der Waals surface area contributed by atoms with E-state index in [1.54, 1.807) is 20.8 Å². The number of benzene rings is 1. The van der Waals surface area contributed by atoms with E-state index in [1.165, 1.54) is 31.4 Å². The molecule has 1 N–H and O–H groups in total. The summed E-state index contributed by atoms with van der Waals surface area (Å²) in [5.74, 6) is 0.450. The van der Waals surface area contributed by atoms with Gasteiger partial charge in [-0.25, -0.2) is 4.79 Å². The summed E-state index contributed by atoms with van der Waals surface area (Å²) >= 11 is 0. The molecule has 9 heteroatoms. The Bertz CT molecular complexity index is 680. The van der Waals surface area contributed by atoms with Crippen LogP contribution in [0, 0.1) is 0 Å². The number of ether oxygens (including phenoxy) is 2. The predicted molar refractivity (Wildman–Crippen MR) is 83.1 cm³/mol. The smallest absolute Gasteiger partial charge is 0.433 e. The van der Waals surface area contributed by atoms with Crippen molar-refractivity contribution in [3.8, 4) is 5.75 Å². The quantitative estimate of drug-likeness (QED) is 0.877. The Morgan fingerprint density at radius 1 is 1.24 bits per heavy atom. The summed E-state index contributed by atoms with van der Waals surface area (Å²) in [5.41, 5.74) is -4.48. The van der Waals surface area contributed by atoms with Crippen LogP contribution in [-0.4, -0.2) is 40.8 Å². The largest absolute Gasteiger partial charge is 0.497 e. The average molecular weight is 360 g/mol. The topological polar surface area (TPSA) is 71.4 Å². The van der Waals surface area contributed by atoms with Gasteiger partial charge < -0.3 is 14.6 Å². The third-order valence-electron chi connectivity index (χ3n) is 3.43. The zero-order chi connectivity index (χ0) is 19.0. The molecule has 6 nitrogen and oxygen atoms in total. The van der Waals surface area contributed by atoms with Gasteiger partial charge >= 0.3 is 12.3 Å². The van der Waals surface area contributed by atoms with Gasteiger partial charge in [0.15, 0.2) is 5.72 Å². The Kier molecular flexibility index (Phi) is 4.73. The van der Waals surface area contributed by atoms with Crippen molar-refractivity contribution in [3.63, 3.8) is 0 Å². The molecule has 1 atom stereocenters. The molecule has 0 aromatic heterocycles. The molecule has 1 amide bonds. The molecule has 25 heavy (non-hydrogen) atoms. The van der Waals surface area contributed by atoms with Crippen LogP contribution in [0.1, 0.15) is 32.8 Å². The van der Waals surface area contributed by atoms with Gasteiger partial charge in [0, 0.05) is 5.56 Å². The Morgan fingerprint density at radius 2 is 1.80 bits per heavy atom. The van der Waals surface area contributed by atoms with Crippen molar-refractivity contribution >= 4 is 11.8 Å². The standard InChI is InChI=1S/C16H19F3N2O4/c1-14(2,3)25-13(22)21-15(23,9-12(20-21)16(17,18)19)10-5-7-11(24-4)8-6-10/h5-8,23H,9H2,1-4H3/t15-/m1/s1. The molecule has 0 aliphatic carbocycles. The number of carbonyl (C=O) groups is 1. The second-order valence-electron chi connectivity index (χ2n) is 6.56. The van der Waals surface area contributed by atoms with Gasteiger partial charge in [-0.05, 0) is 32.9 Å². The molecule has 0 unspecified atom stereocenters. The van der Waals surface area contributed by atoms with E-state index in [1.807, 2.05) is 0 Å². The zero-order valence-electron chi connectivity index (χ0n) is 14.2. The van der Waals surface area contributed by atoms with Crippen molar-refractivity contribution in [2.24, 2.45) is 5.10 Å². The average Bonchev–Trinajstić information content (AvgIpc) is 2.85. The minimum Gasteiger partial charge on any atom is -0.497 e. The molecule has 0 spiro atoms. The summed E-state index contributed by atoms with van der Waals surface area (Å²) < 4.78 is 49.3. The Balaban J connectivity index is 2.44. The molecule has 0 saturated carbocycles. The highest BCUT2D eigenvalue weighted by Crippen LogP contribution is 2.40. The number of halogens is 3. The lowest BCUT2D eigenvalue weighted by molar-refractivity contribution is -0.0995. The van der Waals surface area contributed by atoms with Crippen LogP contribution in [0.4, 0.5) is 18.0 Å². The van der Waals surface area contributed by atoms with E-state index >= 15 is 0 Å². The van der Waals surface area contributed by atoms with Gasteiger partial charge in [0.25, 0.3) is 0 Å². The zero-order valence-corrected chi connectivity index (χ0v) is 14.2. The maximum atomic E-state index is 13.1. The first-order chi connectivity index (χ1) is 11.4. The number of hydrogen-bond acceptors (Lipinski definition) is 5. The van der Waals surface area contributed by atoms with E-state index in [2.05, 4.69) is 5.10 Å². The first-order valence-electron chi connectivity index (χ1n) is 7.41. The fourth-order valence-corrected chi connectivity index (χ4v) is 2.28. The minimum absolute atomic E-state index is 0.0576. The summed E-state index contributed by atoms with van der Waals surface area (Å²) in [6.45, 7) is 4.67. The van der Waals surface area contributed by atoms with Gasteiger partial charge in [-0.1, -0.05) is 12.1 Å². The van der Waals surface area contributed by atoms with E-state index < -0.39 is 35.7 Å². The van der Waals surface area contributed by atoms with Crippen molar-refractivity contribution < 1.29 is 32.5 Å². The lowest BCUT2D eigenvalue weighted by atomic mass is 9.97. The molecule has 0 fully saturated rings. The van der Waals surface area contributed by atoms with Gasteiger partial charge in [-0.3, -0.25) is 0 Å². The number of nitrogens with zero attached hydrogens (tertiary/aromatic N) is 2. The molecule has 1 aromatic carbocycles. The van der Waals surface area contributed by atoms with Gasteiger partial charge in [0.2, 0.25) is 0 Å². The second kappa shape index (κ2) is 6.21. The molecule has 138 valence electrons. The van der Waals surface area contributed by atoms with Crippen molar-refractivity contribution in [1.82, 2.24) is 5.01 Å². The fraction of sp³-hybridized carbons (Fsp3) is 0.500. The van der Waals surface area contributed by atoms with Gasteiger partial charge in [0.05, 0.1) is 13.5 Å². The third kappa shape index (κ3) is 4.04. The van der Waals surface area contributed by atoms with E-state index in [0.29, 0.717) is 10.8 Å². The molecular formula is C16H19F3N2O4. The van der Waals surface area contributed by atoms with Crippen molar-refractivity contribution in [2.45, 2.75) is 44.7 Å². The summed E-state index contributed by atoms with van der Waals surface area (Å²) in [6, 6.07) is 5.66. The number of alkyl halides is 3. The molecule has 2 rings (SSSR count). The summed E-state index contributed by atoms with van der Waals surface area (Å²) in [5, 5.41) is 14.5. The number of rotatable bonds is 2. The highest BCUT2D eigenvalue weighted by Gasteiger charge is 2.54. The third-order valence-corrected chi connectivity index (χ3v) is 3.43. The lowest BCUT2D eigenvalue weighted by Gasteiger charge is -2.32. The molecule has 0 saturated heterocycles. The van der Waals surface area contributed by atoms with Crippen LogP contribution >= 0.6 is 0 Å². The number of aliphatic hydroxyl groups is 1. The fourth-order valence-electron chi connectivity index (χ4n) is 2.28. The van der Waals surface area contributed by atoms with Crippen molar-refractivity contribution in [1.29, 1.82) is 0 Å². The summed E-state index contributed by atoms with van der Waals surface area (Å²) in [6.07, 6.45) is -6.86. The monoisotopic (exact) mass is 360 g/mol. The predicted octanol–water partition coefficient (Wildman–Crippen LogP) is 3.40. The molecular weight excluding hydrogens is 341 g/mol. The van der Waals surface area contributed by atoms with E-state index in [9.17, 15) is 23.1 Å². The molecule has 0 bridgehead atoms. The number of hydrogen-bond donors (Lipinski definition) is 1.